The average molecular weight is 351 g/mol. The summed E-state index contributed by atoms with van der Waals surface area (Å²) < 4.78 is 12.4. The number of nitrogens with one attached hydrogen (secondary N) is 1. The molecular formula is C17H14BN3OS2. The molecule has 1 aromatic carbocycles. The molecule has 0 aliphatic heterocycles. The van der Waals surface area contributed by atoms with E-state index in [4.69, 9.17) is 12.8 Å². The Hall–Kier alpha value is -1.99. The number of rotatable bonds is 3. The molecule has 0 spiro atoms. The fourth-order valence-corrected chi connectivity index (χ4v) is 4.34. The predicted molar refractivity (Wildman–Crippen MR) is 100 cm³/mol. The van der Waals surface area contributed by atoms with Gasteiger partial charge in [-0.2, -0.15) is 11.3 Å². The van der Waals surface area contributed by atoms with Gasteiger partial charge in [0.15, 0.2) is 0 Å². The molecule has 0 fully saturated rings. The number of anilines is 2. The molecule has 0 saturated carbocycles. The smallest absolute Gasteiger partial charge is 0.227 e. The van der Waals surface area contributed by atoms with Crippen LogP contribution in [0, 0.1) is 0 Å². The third-order valence-electron chi connectivity index (χ3n) is 3.99. The molecule has 1 N–H and O–H groups in total. The van der Waals surface area contributed by atoms with Crippen LogP contribution in [-0.4, -0.2) is 28.3 Å². The SMILES string of the molecule is [B]c1cc2c(s1)CCc1cnc(Nc3cccc(S(C)=O)c3)nc1-2. The van der Waals surface area contributed by atoms with E-state index in [9.17, 15) is 4.21 Å². The second kappa shape index (κ2) is 6.14. The monoisotopic (exact) mass is 351 g/mol. The Morgan fingerprint density at radius 2 is 2.17 bits per heavy atom. The lowest BCUT2D eigenvalue weighted by atomic mass is 9.95. The van der Waals surface area contributed by atoms with E-state index in [2.05, 4.69) is 10.3 Å². The highest BCUT2D eigenvalue weighted by atomic mass is 32.2. The Labute approximate surface area is 148 Å². The zero-order chi connectivity index (χ0) is 16.7. The van der Waals surface area contributed by atoms with Crippen LogP contribution in [0.4, 0.5) is 11.6 Å². The Morgan fingerprint density at radius 3 is 3.00 bits per heavy atom. The van der Waals surface area contributed by atoms with Crippen LogP contribution in [0.3, 0.4) is 0 Å². The summed E-state index contributed by atoms with van der Waals surface area (Å²) in [6.45, 7) is 0. The van der Waals surface area contributed by atoms with Crippen molar-refractivity contribution in [3.05, 3.63) is 47.0 Å². The quantitative estimate of drug-likeness (QED) is 0.737. The van der Waals surface area contributed by atoms with Crippen LogP contribution < -0.4 is 10.1 Å². The fraction of sp³-hybridized carbons (Fsp3) is 0.176. The van der Waals surface area contributed by atoms with Gasteiger partial charge < -0.3 is 5.32 Å². The molecule has 2 aromatic heterocycles. The van der Waals surface area contributed by atoms with E-state index in [1.165, 1.54) is 4.88 Å². The van der Waals surface area contributed by atoms with E-state index in [0.717, 1.165) is 45.0 Å². The first kappa shape index (κ1) is 15.5. The fourth-order valence-electron chi connectivity index (χ4n) is 2.85. The lowest BCUT2D eigenvalue weighted by Crippen LogP contribution is -2.07. The first-order valence-electron chi connectivity index (χ1n) is 7.55. The molecule has 0 saturated heterocycles. The van der Waals surface area contributed by atoms with Crippen LogP contribution in [-0.2, 0) is 23.6 Å². The number of hydrogen-bond donors (Lipinski definition) is 1. The summed E-state index contributed by atoms with van der Waals surface area (Å²) in [5.74, 6) is 0.533. The summed E-state index contributed by atoms with van der Waals surface area (Å²) in [5, 5.41) is 3.20. The van der Waals surface area contributed by atoms with E-state index < -0.39 is 10.8 Å². The molecule has 118 valence electrons. The number of nitrogens with zero attached hydrogens (tertiary/aromatic N) is 2. The molecule has 7 heteroatoms. The molecule has 24 heavy (non-hydrogen) atoms. The Morgan fingerprint density at radius 1 is 1.29 bits per heavy atom. The van der Waals surface area contributed by atoms with Gasteiger partial charge in [-0.15, -0.1) is 0 Å². The first-order valence-corrected chi connectivity index (χ1v) is 9.92. The highest BCUT2D eigenvalue weighted by Gasteiger charge is 2.20. The van der Waals surface area contributed by atoms with Crippen LogP contribution in [0.25, 0.3) is 11.3 Å². The molecule has 2 radical (unpaired) electrons. The molecule has 4 rings (SSSR count). The maximum absolute atomic E-state index is 11.6. The van der Waals surface area contributed by atoms with Gasteiger partial charge >= 0.3 is 0 Å². The summed E-state index contributed by atoms with van der Waals surface area (Å²) in [4.78, 5) is 11.2. The van der Waals surface area contributed by atoms with Crippen molar-refractivity contribution in [1.82, 2.24) is 9.97 Å². The Balaban J connectivity index is 1.69. The molecule has 0 bridgehead atoms. The lowest BCUT2D eigenvalue weighted by Gasteiger charge is -2.16. The second-order valence-electron chi connectivity index (χ2n) is 5.66. The molecule has 1 atom stereocenters. The second-order valence-corrected chi connectivity index (χ2v) is 8.21. The van der Waals surface area contributed by atoms with Crippen molar-refractivity contribution in [2.24, 2.45) is 0 Å². The van der Waals surface area contributed by atoms with Crippen LogP contribution in [0.5, 0.6) is 0 Å². The van der Waals surface area contributed by atoms with Gasteiger partial charge in [0, 0.05) is 44.3 Å². The van der Waals surface area contributed by atoms with Crippen LogP contribution in [0.15, 0.2) is 41.4 Å². The minimum atomic E-state index is -1.02. The lowest BCUT2D eigenvalue weighted by molar-refractivity contribution is 0.687. The van der Waals surface area contributed by atoms with Gasteiger partial charge in [0.2, 0.25) is 5.95 Å². The first-order chi connectivity index (χ1) is 11.6. The summed E-state index contributed by atoms with van der Waals surface area (Å²) >= 11 is 1.63. The largest absolute Gasteiger partial charge is 0.324 e. The number of thiophene rings is 1. The van der Waals surface area contributed by atoms with Gasteiger partial charge in [-0.3, -0.25) is 4.21 Å². The Kier molecular flexibility index (Phi) is 3.98. The third kappa shape index (κ3) is 2.89. The van der Waals surface area contributed by atoms with E-state index in [1.54, 1.807) is 17.6 Å². The predicted octanol–water partition coefficient (Wildman–Crippen LogP) is 2.58. The number of benzene rings is 1. The molecule has 3 aromatic rings. The highest BCUT2D eigenvalue weighted by molar-refractivity contribution is 7.84. The van der Waals surface area contributed by atoms with Gasteiger partial charge in [-0.25, -0.2) is 9.97 Å². The number of aryl methyl sites for hydroxylation is 2. The van der Waals surface area contributed by atoms with Crippen molar-refractivity contribution in [3.63, 3.8) is 0 Å². The topological polar surface area (TPSA) is 54.9 Å². The van der Waals surface area contributed by atoms with E-state index in [1.807, 2.05) is 36.5 Å². The average Bonchev–Trinajstić information content (AvgIpc) is 2.96. The van der Waals surface area contributed by atoms with Crippen molar-refractivity contribution >= 4 is 46.4 Å². The van der Waals surface area contributed by atoms with Crippen molar-refractivity contribution in [3.8, 4) is 11.3 Å². The summed E-state index contributed by atoms with van der Waals surface area (Å²) in [6, 6.07) is 9.47. The molecule has 0 amide bonds. The summed E-state index contributed by atoms with van der Waals surface area (Å²) in [7, 11) is 4.93. The van der Waals surface area contributed by atoms with Gasteiger partial charge in [0.1, 0.15) is 7.85 Å². The maximum atomic E-state index is 11.6. The van der Waals surface area contributed by atoms with Crippen molar-refractivity contribution in [2.75, 3.05) is 11.6 Å². The van der Waals surface area contributed by atoms with Crippen LogP contribution in [0.2, 0.25) is 0 Å². The van der Waals surface area contributed by atoms with E-state index in [0.29, 0.717) is 5.95 Å². The standard InChI is InChI=1S/C17H14BN3OS2/c1-24(22)12-4-2-3-11(7-12)20-17-19-9-10-5-6-14-13(16(10)21-17)8-15(18)23-14/h2-4,7-9H,5-6H2,1H3,(H,19,20,21). The van der Waals surface area contributed by atoms with E-state index >= 15 is 0 Å². The van der Waals surface area contributed by atoms with Crippen molar-refractivity contribution < 1.29 is 4.21 Å². The normalized spacial score (nSPS) is 13.9. The third-order valence-corrected chi connectivity index (χ3v) is 5.93. The van der Waals surface area contributed by atoms with Gasteiger partial charge in [-0.1, -0.05) is 6.07 Å². The highest BCUT2D eigenvalue weighted by Crippen LogP contribution is 2.34. The number of hydrogen-bond acceptors (Lipinski definition) is 5. The summed E-state index contributed by atoms with van der Waals surface area (Å²) in [6.07, 6.45) is 5.47. The van der Waals surface area contributed by atoms with Gasteiger partial charge in [0.05, 0.1) is 5.69 Å². The Bertz CT molecular complexity index is 955. The zero-order valence-electron chi connectivity index (χ0n) is 13.1. The van der Waals surface area contributed by atoms with Crippen LogP contribution in [0.1, 0.15) is 10.4 Å². The molecule has 2 heterocycles. The molecular weight excluding hydrogens is 337 g/mol. The minimum absolute atomic E-state index is 0.533. The maximum Gasteiger partial charge on any atom is 0.227 e. The molecule has 1 aliphatic rings. The van der Waals surface area contributed by atoms with Gasteiger partial charge in [-0.05, 0) is 47.4 Å². The zero-order valence-corrected chi connectivity index (χ0v) is 14.7. The minimum Gasteiger partial charge on any atom is -0.324 e. The van der Waals surface area contributed by atoms with Crippen LogP contribution >= 0.6 is 11.3 Å². The van der Waals surface area contributed by atoms with Crippen molar-refractivity contribution in [1.29, 1.82) is 0 Å². The number of fused-ring (bicyclic) bond motifs is 3. The molecule has 1 aliphatic carbocycles. The molecule has 4 nitrogen and oxygen atoms in total. The number of aromatic nitrogens is 2. The molecule has 1 unspecified atom stereocenters. The van der Waals surface area contributed by atoms with Crippen molar-refractivity contribution in [2.45, 2.75) is 17.7 Å². The summed E-state index contributed by atoms with van der Waals surface area (Å²) in [5.41, 5.74) is 4.04. The van der Waals surface area contributed by atoms with E-state index in [-0.39, 0.29) is 0 Å². The van der Waals surface area contributed by atoms with Gasteiger partial charge in [0.25, 0.3) is 0 Å².